The van der Waals surface area contributed by atoms with Crippen LogP contribution in [0.2, 0.25) is 5.02 Å². The molecular formula is C16H14ClNO3. The predicted molar refractivity (Wildman–Crippen MR) is 81.9 cm³/mol. The van der Waals surface area contributed by atoms with Crippen molar-refractivity contribution in [3.05, 3.63) is 64.2 Å². The van der Waals surface area contributed by atoms with Gasteiger partial charge in [-0.1, -0.05) is 35.9 Å². The molecule has 1 amide bonds. The van der Waals surface area contributed by atoms with E-state index < -0.39 is 5.97 Å². The van der Waals surface area contributed by atoms with Gasteiger partial charge in [0.05, 0.1) is 6.42 Å². The summed E-state index contributed by atoms with van der Waals surface area (Å²) < 4.78 is 0. The molecule has 0 aliphatic rings. The number of carbonyl (C=O) groups is 2. The second-order valence-corrected chi connectivity index (χ2v) is 5.00. The van der Waals surface area contributed by atoms with E-state index >= 15 is 0 Å². The van der Waals surface area contributed by atoms with E-state index in [0.717, 1.165) is 0 Å². The summed E-state index contributed by atoms with van der Waals surface area (Å²) >= 11 is 6.00. The van der Waals surface area contributed by atoms with E-state index in [0.29, 0.717) is 27.4 Å². The number of nitrogens with one attached hydrogen (secondary N) is 1. The van der Waals surface area contributed by atoms with Gasteiger partial charge in [0.25, 0.3) is 5.91 Å². The minimum atomic E-state index is -0.948. The SMILES string of the molecule is Cc1c(Cl)cccc1C(=O)Nc1ccccc1CC(=O)O. The third-order valence-electron chi connectivity index (χ3n) is 3.12. The Morgan fingerprint density at radius 3 is 2.57 bits per heavy atom. The third-order valence-corrected chi connectivity index (χ3v) is 3.53. The largest absolute Gasteiger partial charge is 0.481 e. The first-order valence-electron chi connectivity index (χ1n) is 6.35. The van der Waals surface area contributed by atoms with E-state index in [9.17, 15) is 9.59 Å². The number of hydrogen-bond donors (Lipinski definition) is 2. The van der Waals surface area contributed by atoms with Crippen LogP contribution in [0.1, 0.15) is 21.5 Å². The highest BCUT2D eigenvalue weighted by Crippen LogP contribution is 2.21. The zero-order valence-electron chi connectivity index (χ0n) is 11.4. The molecule has 0 fully saturated rings. The molecule has 108 valence electrons. The minimum absolute atomic E-state index is 0.148. The number of benzene rings is 2. The second-order valence-electron chi connectivity index (χ2n) is 4.59. The molecule has 21 heavy (non-hydrogen) atoms. The molecule has 4 nitrogen and oxygen atoms in total. The maximum Gasteiger partial charge on any atom is 0.307 e. The number of hydrogen-bond acceptors (Lipinski definition) is 2. The lowest BCUT2D eigenvalue weighted by atomic mass is 10.1. The highest BCUT2D eigenvalue weighted by Gasteiger charge is 2.13. The number of rotatable bonds is 4. The number of amides is 1. The molecule has 0 saturated carbocycles. The van der Waals surface area contributed by atoms with Crippen molar-refractivity contribution >= 4 is 29.2 Å². The van der Waals surface area contributed by atoms with E-state index in [1.807, 2.05) is 0 Å². The number of carbonyl (C=O) groups excluding carboxylic acids is 1. The smallest absolute Gasteiger partial charge is 0.307 e. The Morgan fingerprint density at radius 1 is 1.14 bits per heavy atom. The lowest BCUT2D eigenvalue weighted by molar-refractivity contribution is -0.136. The van der Waals surface area contributed by atoms with Gasteiger partial charge in [0.15, 0.2) is 0 Å². The summed E-state index contributed by atoms with van der Waals surface area (Å²) in [5, 5.41) is 12.1. The lowest BCUT2D eigenvalue weighted by Gasteiger charge is -2.11. The van der Waals surface area contributed by atoms with Crippen molar-refractivity contribution < 1.29 is 14.7 Å². The van der Waals surface area contributed by atoms with E-state index in [-0.39, 0.29) is 12.3 Å². The van der Waals surface area contributed by atoms with E-state index in [2.05, 4.69) is 5.32 Å². The van der Waals surface area contributed by atoms with Gasteiger partial charge >= 0.3 is 5.97 Å². The van der Waals surface area contributed by atoms with Crippen LogP contribution in [0.15, 0.2) is 42.5 Å². The summed E-state index contributed by atoms with van der Waals surface area (Å²) in [6, 6.07) is 11.9. The maximum absolute atomic E-state index is 12.3. The fourth-order valence-corrected chi connectivity index (χ4v) is 2.18. The Kier molecular flexibility index (Phi) is 4.60. The van der Waals surface area contributed by atoms with Gasteiger partial charge in [0, 0.05) is 16.3 Å². The summed E-state index contributed by atoms with van der Waals surface area (Å²) in [6.45, 7) is 1.76. The molecule has 0 bridgehead atoms. The highest BCUT2D eigenvalue weighted by atomic mass is 35.5. The van der Waals surface area contributed by atoms with E-state index in [1.54, 1.807) is 49.4 Å². The van der Waals surface area contributed by atoms with Crippen molar-refractivity contribution in [3.8, 4) is 0 Å². The molecule has 2 aromatic rings. The maximum atomic E-state index is 12.3. The van der Waals surface area contributed by atoms with Crippen LogP contribution < -0.4 is 5.32 Å². The molecule has 2 aromatic carbocycles. The molecular weight excluding hydrogens is 290 g/mol. The molecule has 0 aliphatic heterocycles. The van der Waals surface area contributed by atoms with Gasteiger partial charge in [0.1, 0.15) is 0 Å². The second kappa shape index (κ2) is 6.41. The van der Waals surface area contributed by atoms with E-state index in [4.69, 9.17) is 16.7 Å². The Hall–Kier alpha value is -2.33. The van der Waals surface area contributed by atoms with Crippen LogP contribution in [0, 0.1) is 6.92 Å². The van der Waals surface area contributed by atoms with Gasteiger partial charge in [-0.25, -0.2) is 0 Å². The minimum Gasteiger partial charge on any atom is -0.481 e. The number of anilines is 1. The quantitative estimate of drug-likeness (QED) is 0.908. The van der Waals surface area contributed by atoms with Crippen molar-refractivity contribution in [2.75, 3.05) is 5.32 Å². The highest BCUT2D eigenvalue weighted by molar-refractivity contribution is 6.32. The predicted octanol–water partition coefficient (Wildman–Crippen LogP) is 3.53. The Balaban J connectivity index is 2.28. The normalized spacial score (nSPS) is 10.2. The topological polar surface area (TPSA) is 66.4 Å². The van der Waals surface area contributed by atoms with Crippen molar-refractivity contribution in [2.45, 2.75) is 13.3 Å². The van der Waals surface area contributed by atoms with Gasteiger partial charge in [-0.15, -0.1) is 0 Å². The zero-order chi connectivity index (χ0) is 15.4. The average molecular weight is 304 g/mol. The Morgan fingerprint density at radius 2 is 1.86 bits per heavy atom. The molecule has 2 N–H and O–H groups in total. The first-order chi connectivity index (χ1) is 9.99. The van der Waals surface area contributed by atoms with E-state index in [1.165, 1.54) is 0 Å². The van der Waals surface area contributed by atoms with Crippen LogP contribution in [-0.4, -0.2) is 17.0 Å². The number of aliphatic carboxylic acids is 1. The number of halogens is 1. The van der Waals surface area contributed by atoms with Crippen LogP contribution >= 0.6 is 11.6 Å². The molecule has 2 rings (SSSR count). The molecule has 5 heteroatoms. The summed E-state index contributed by atoms with van der Waals surface area (Å²) in [5.41, 5.74) is 2.20. The summed E-state index contributed by atoms with van der Waals surface area (Å²) in [4.78, 5) is 23.2. The molecule has 0 radical (unpaired) electrons. The molecule has 0 aliphatic carbocycles. The molecule has 0 aromatic heterocycles. The van der Waals surface area contributed by atoms with Crippen LogP contribution in [0.4, 0.5) is 5.69 Å². The van der Waals surface area contributed by atoms with Gasteiger partial charge < -0.3 is 10.4 Å². The fourth-order valence-electron chi connectivity index (χ4n) is 2.00. The Labute approximate surface area is 127 Å². The monoisotopic (exact) mass is 303 g/mol. The van der Waals surface area contributed by atoms with Crippen LogP contribution in [-0.2, 0) is 11.2 Å². The molecule has 0 spiro atoms. The van der Waals surface area contributed by atoms with Crippen molar-refractivity contribution in [1.29, 1.82) is 0 Å². The standard InChI is InChI=1S/C16H14ClNO3/c1-10-12(6-4-7-13(10)17)16(21)18-14-8-3-2-5-11(14)9-15(19)20/h2-8H,9H2,1H3,(H,18,21)(H,19,20). The first-order valence-corrected chi connectivity index (χ1v) is 6.73. The van der Waals surface area contributed by atoms with Gasteiger partial charge in [-0.2, -0.15) is 0 Å². The Bertz CT molecular complexity index is 698. The molecule has 0 heterocycles. The molecule has 0 unspecified atom stereocenters. The summed E-state index contributed by atoms with van der Waals surface area (Å²) in [5.74, 6) is -1.26. The molecule has 0 atom stereocenters. The zero-order valence-corrected chi connectivity index (χ0v) is 12.1. The van der Waals surface area contributed by atoms with Gasteiger partial charge in [0.2, 0.25) is 0 Å². The summed E-state index contributed by atoms with van der Waals surface area (Å²) in [6.07, 6.45) is -0.148. The van der Waals surface area contributed by atoms with Crippen molar-refractivity contribution in [1.82, 2.24) is 0 Å². The number of carboxylic acids is 1. The summed E-state index contributed by atoms with van der Waals surface area (Å²) in [7, 11) is 0. The van der Waals surface area contributed by atoms with Crippen LogP contribution in [0.25, 0.3) is 0 Å². The van der Waals surface area contributed by atoms with Crippen molar-refractivity contribution in [2.24, 2.45) is 0 Å². The van der Waals surface area contributed by atoms with Crippen molar-refractivity contribution in [3.63, 3.8) is 0 Å². The van der Waals surface area contributed by atoms with Gasteiger partial charge in [-0.05, 0) is 36.2 Å². The number of carboxylic acid groups (broad SMARTS) is 1. The van der Waals surface area contributed by atoms with Crippen LogP contribution in [0.3, 0.4) is 0 Å². The third kappa shape index (κ3) is 3.61. The first kappa shape index (κ1) is 15.1. The van der Waals surface area contributed by atoms with Crippen LogP contribution in [0.5, 0.6) is 0 Å². The fraction of sp³-hybridized carbons (Fsp3) is 0.125. The van der Waals surface area contributed by atoms with Gasteiger partial charge in [-0.3, -0.25) is 9.59 Å². The average Bonchev–Trinajstić information content (AvgIpc) is 2.43. The molecule has 0 saturated heterocycles. The lowest BCUT2D eigenvalue weighted by Crippen LogP contribution is -2.15. The number of para-hydroxylation sites is 1.